The molecule has 7 heteroatoms. The molecule has 0 unspecified atom stereocenters. The second-order valence-electron chi connectivity index (χ2n) is 7.07. The van der Waals surface area contributed by atoms with E-state index in [-0.39, 0.29) is 35.4 Å². The van der Waals surface area contributed by atoms with Gasteiger partial charge in [0.25, 0.3) is 0 Å². The van der Waals surface area contributed by atoms with Gasteiger partial charge in [-0.3, -0.25) is 4.79 Å². The third kappa shape index (κ3) is 4.84. The number of carbonyl (C=O) groups is 1. The van der Waals surface area contributed by atoms with Crippen molar-refractivity contribution >= 4 is 15.6 Å². The molecule has 25 heavy (non-hydrogen) atoms. The molecule has 0 radical (unpaired) electrons. The summed E-state index contributed by atoms with van der Waals surface area (Å²) in [7, 11) is -3.11. The smallest absolute Gasteiger partial charge is 0.194 e. The number of sulfone groups is 1. The van der Waals surface area contributed by atoms with Crippen LogP contribution in [-0.4, -0.2) is 25.2 Å². The highest BCUT2D eigenvalue weighted by molar-refractivity contribution is 7.91. The molecule has 1 aliphatic rings. The number of hydrogen-bond donors (Lipinski definition) is 0. The van der Waals surface area contributed by atoms with E-state index < -0.39 is 32.5 Å². The summed E-state index contributed by atoms with van der Waals surface area (Å²) in [5.74, 6) is -4.49. The Morgan fingerprint density at radius 3 is 2.24 bits per heavy atom. The van der Waals surface area contributed by atoms with Crippen LogP contribution in [0.2, 0.25) is 0 Å². The van der Waals surface area contributed by atoms with Gasteiger partial charge in [0.05, 0.1) is 11.0 Å². The topological polar surface area (TPSA) is 51.2 Å². The van der Waals surface area contributed by atoms with Crippen LogP contribution in [0.3, 0.4) is 0 Å². The molecule has 0 heterocycles. The molecule has 0 saturated heterocycles. The van der Waals surface area contributed by atoms with E-state index in [4.69, 9.17) is 0 Å². The van der Waals surface area contributed by atoms with Crippen LogP contribution in [-0.2, 0) is 21.1 Å². The minimum absolute atomic E-state index is 0.0384. The van der Waals surface area contributed by atoms with E-state index in [1.54, 1.807) is 13.8 Å². The van der Waals surface area contributed by atoms with Gasteiger partial charge in [-0.2, -0.15) is 0 Å². The first kappa shape index (κ1) is 19.9. The number of hydrogen-bond acceptors (Lipinski definition) is 3. The standard InChI is InChI=1S/C18H23F3O3S/c1-11(2)25(23,24)10-12-3-5-13(6-4-12)16(22)9-14-7-8-15(19)18(21)17(14)20/h7-8,11-13H,3-6,9-10H2,1-2H3. The SMILES string of the molecule is CC(C)S(=O)(=O)CC1CCC(C(=O)Cc2ccc(F)c(F)c2F)CC1. The minimum atomic E-state index is -3.11. The first-order valence-electron chi connectivity index (χ1n) is 8.48. The first-order valence-corrected chi connectivity index (χ1v) is 10.2. The van der Waals surface area contributed by atoms with Crippen LogP contribution >= 0.6 is 0 Å². The van der Waals surface area contributed by atoms with E-state index in [9.17, 15) is 26.4 Å². The number of carbonyl (C=O) groups excluding carboxylic acids is 1. The second kappa shape index (κ2) is 7.89. The third-order valence-corrected chi connectivity index (χ3v) is 7.34. The largest absolute Gasteiger partial charge is 0.299 e. The Kier molecular flexibility index (Phi) is 6.30. The maximum absolute atomic E-state index is 13.7. The fourth-order valence-electron chi connectivity index (χ4n) is 3.21. The van der Waals surface area contributed by atoms with Crippen molar-refractivity contribution in [1.82, 2.24) is 0 Å². The van der Waals surface area contributed by atoms with E-state index in [0.29, 0.717) is 25.7 Å². The summed E-state index contributed by atoms with van der Waals surface area (Å²) < 4.78 is 63.8. The fourth-order valence-corrected chi connectivity index (χ4v) is 4.58. The Bertz CT molecular complexity index is 736. The predicted molar refractivity (Wildman–Crippen MR) is 89.4 cm³/mol. The van der Waals surface area contributed by atoms with Crippen LogP contribution in [0.4, 0.5) is 13.2 Å². The van der Waals surface area contributed by atoms with E-state index >= 15 is 0 Å². The highest BCUT2D eigenvalue weighted by Crippen LogP contribution is 2.32. The van der Waals surface area contributed by atoms with Crippen molar-refractivity contribution in [2.24, 2.45) is 11.8 Å². The molecule has 0 amide bonds. The lowest BCUT2D eigenvalue weighted by atomic mass is 9.79. The Balaban J connectivity index is 1.93. The van der Waals surface area contributed by atoms with Crippen molar-refractivity contribution in [2.75, 3.05) is 5.75 Å². The molecule has 3 nitrogen and oxygen atoms in total. The zero-order chi connectivity index (χ0) is 18.8. The van der Waals surface area contributed by atoms with Gasteiger partial charge < -0.3 is 0 Å². The zero-order valence-electron chi connectivity index (χ0n) is 14.4. The predicted octanol–water partition coefficient (Wildman–Crippen LogP) is 3.85. The highest BCUT2D eigenvalue weighted by atomic mass is 32.2. The lowest BCUT2D eigenvalue weighted by Gasteiger charge is -2.28. The Labute approximate surface area is 146 Å². The molecule has 140 valence electrons. The Morgan fingerprint density at radius 1 is 1.08 bits per heavy atom. The van der Waals surface area contributed by atoms with Gasteiger partial charge in [-0.15, -0.1) is 0 Å². The van der Waals surface area contributed by atoms with Gasteiger partial charge in [-0.1, -0.05) is 6.07 Å². The number of benzene rings is 1. The third-order valence-electron chi connectivity index (χ3n) is 4.97. The number of ketones is 1. The summed E-state index contributed by atoms with van der Waals surface area (Å²) in [6.45, 7) is 3.31. The first-order chi connectivity index (χ1) is 11.6. The molecule has 0 atom stereocenters. The van der Waals surface area contributed by atoms with Crippen molar-refractivity contribution in [3.8, 4) is 0 Å². The molecule has 0 aliphatic heterocycles. The maximum Gasteiger partial charge on any atom is 0.194 e. The van der Waals surface area contributed by atoms with Crippen LogP contribution in [0, 0.1) is 29.3 Å². The lowest BCUT2D eigenvalue weighted by Crippen LogP contribution is -2.29. The summed E-state index contributed by atoms with van der Waals surface area (Å²) in [4.78, 5) is 12.3. The van der Waals surface area contributed by atoms with Crippen LogP contribution in [0.15, 0.2) is 12.1 Å². The molecule has 1 saturated carbocycles. The fraction of sp³-hybridized carbons (Fsp3) is 0.611. The number of rotatable bonds is 6. The Morgan fingerprint density at radius 2 is 1.68 bits per heavy atom. The van der Waals surface area contributed by atoms with Crippen LogP contribution < -0.4 is 0 Å². The molecular weight excluding hydrogens is 353 g/mol. The summed E-state index contributed by atoms with van der Waals surface area (Å²) in [5, 5.41) is -0.414. The second-order valence-corrected chi connectivity index (χ2v) is 9.68. The maximum atomic E-state index is 13.7. The van der Waals surface area contributed by atoms with Gasteiger partial charge in [-0.05, 0) is 57.1 Å². The van der Waals surface area contributed by atoms with E-state index in [1.807, 2.05) is 0 Å². The molecule has 1 aromatic rings. The van der Waals surface area contributed by atoms with E-state index in [0.717, 1.165) is 12.1 Å². The van der Waals surface area contributed by atoms with Gasteiger partial charge in [0.1, 0.15) is 5.78 Å². The van der Waals surface area contributed by atoms with Crippen molar-refractivity contribution in [2.45, 2.75) is 51.2 Å². The van der Waals surface area contributed by atoms with E-state index in [1.165, 1.54) is 0 Å². The monoisotopic (exact) mass is 376 g/mol. The van der Waals surface area contributed by atoms with Gasteiger partial charge in [0.2, 0.25) is 0 Å². The van der Waals surface area contributed by atoms with Crippen molar-refractivity contribution in [3.63, 3.8) is 0 Å². The highest BCUT2D eigenvalue weighted by Gasteiger charge is 2.30. The lowest BCUT2D eigenvalue weighted by molar-refractivity contribution is -0.123. The molecule has 1 aliphatic carbocycles. The normalized spacial score (nSPS) is 21.5. The number of Topliss-reactive ketones (excluding diaryl/α,β-unsaturated/α-hetero) is 1. The molecule has 2 rings (SSSR count). The molecule has 0 aromatic heterocycles. The summed E-state index contributed by atoms with van der Waals surface area (Å²) in [6.07, 6.45) is 2.07. The van der Waals surface area contributed by atoms with Gasteiger partial charge >= 0.3 is 0 Å². The molecule has 0 N–H and O–H groups in total. The van der Waals surface area contributed by atoms with Crippen LogP contribution in [0.1, 0.15) is 45.1 Å². The van der Waals surface area contributed by atoms with Gasteiger partial charge in [0, 0.05) is 12.3 Å². The summed E-state index contributed by atoms with van der Waals surface area (Å²) >= 11 is 0. The average molecular weight is 376 g/mol. The van der Waals surface area contributed by atoms with Crippen LogP contribution in [0.5, 0.6) is 0 Å². The van der Waals surface area contributed by atoms with Crippen molar-refractivity contribution in [1.29, 1.82) is 0 Å². The van der Waals surface area contributed by atoms with Crippen LogP contribution in [0.25, 0.3) is 0 Å². The molecule has 1 aromatic carbocycles. The molecule has 0 bridgehead atoms. The summed E-state index contributed by atoms with van der Waals surface area (Å²) in [6, 6.07) is 1.90. The van der Waals surface area contributed by atoms with Crippen molar-refractivity contribution < 1.29 is 26.4 Å². The van der Waals surface area contributed by atoms with E-state index in [2.05, 4.69) is 0 Å². The molecular formula is C18H23F3O3S. The molecule has 0 spiro atoms. The van der Waals surface area contributed by atoms with Gasteiger partial charge in [-0.25, -0.2) is 21.6 Å². The van der Waals surface area contributed by atoms with Crippen molar-refractivity contribution in [3.05, 3.63) is 35.1 Å². The zero-order valence-corrected chi connectivity index (χ0v) is 15.2. The minimum Gasteiger partial charge on any atom is -0.299 e. The number of halogens is 3. The van der Waals surface area contributed by atoms with Gasteiger partial charge in [0.15, 0.2) is 27.3 Å². The Hall–Kier alpha value is -1.37. The molecule has 1 fully saturated rings. The average Bonchev–Trinajstić information content (AvgIpc) is 2.55. The summed E-state index contributed by atoms with van der Waals surface area (Å²) in [5.41, 5.74) is -0.145. The quantitative estimate of drug-likeness (QED) is 0.709.